The molecule has 1 radical (unpaired) electrons. The third-order valence-electron chi connectivity index (χ3n) is 3.31. The molecule has 1 aliphatic carbocycles. The molecule has 0 aromatic carbocycles. The SMILES string of the molecule is CCC[Si](CCC)O[SiH2]C1CCCCC1. The summed E-state index contributed by atoms with van der Waals surface area (Å²) in [7, 11) is -0.561. The predicted molar refractivity (Wildman–Crippen MR) is 72.4 cm³/mol. The van der Waals surface area contributed by atoms with Crippen molar-refractivity contribution >= 4 is 18.8 Å². The smallest absolute Gasteiger partial charge is 0.197 e. The summed E-state index contributed by atoms with van der Waals surface area (Å²) < 4.78 is 6.30. The Hall–Kier alpha value is 0.394. The molecule has 0 spiro atoms. The largest absolute Gasteiger partial charge is 0.460 e. The molecule has 0 unspecified atom stereocenters. The highest BCUT2D eigenvalue weighted by atomic mass is 28.3. The summed E-state index contributed by atoms with van der Waals surface area (Å²) in [6.07, 6.45) is 10.1. The third-order valence-corrected chi connectivity index (χ3v) is 9.01. The first-order valence-electron chi connectivity index (χ1n) is 6.84. The lowest BCUT2D eigenvalue weighted by atomic mass is 10.0. The molecule has 1 saturated carbocycles. The summed E-state index contributed by atoms with van der Waals surface area (Å²) >= 11 is 0. The van der Waals surface area contributed by atoms with Gasteiger partial charge < -0.3 is 4.12 Å². The maximum atomic E-state index is 6.30. The van der Waals surface area contributed by atoms with Crippen molar-refractivity contribution in [3.05, 3.63) is 0 Å². The Bertz CT molecular complexity index is 141. The van der Waals surface area contributed by atoms with Crippen LogP contribution in [0.3, 0.4) is 0 Å². The van der Waals surface area contributed by atoms with Crippen LogP contribution in [0.15, 0.2) is 0 Å². The molecule has 0 aromatic heterocycles. The topological polar surface area (TPSA) is 9.23 Å². The molecule has 0 atom stereocenters. The standard InChI is InChI=1S/C12H27OSi2/c1-3-10-15(11-4-2)13-14-12-8-6-5-7-9-12/h12H,3-11,14H2,1-2H3. The highest BCUT2D eigenvalue weighted by molar-refractivity contribution is 6.58. The molecule has 1 aliphatic rings. The second kappa shape index (κ2) is 8.53. The molecule has 0 bridgehead atoms. The molecular formula is C12H27OSi2. The van der Waals surface area contributed by atoms with E-state index < -0.39 is 0 Å². The Labute approximate surface area is 99.7 Å². The van der Waals surface area contributed by atoms with Gasteiger partial charge in [0.25, 0.3) is 0 Å². The van der Waals surface area contributed by atoms with Gasteiger partial charge in [-0.3, -0.25) is 0 Å². The van der Waals surface area contributed by atoms with Crippen LogP contribution in [0.4, 0.5) is 0 Å². The molecule has 0 heterocycles. The summed E-state index contributed by atoms with van der Waals surface area (Å²) in [6.45, 7) is 4.59. The van der Waals surface area contributed by atoms with E-state index in [4.69, 9.17) is 4.12 Å². The van der Waals surface area contributed by atoms with Crippen LogP contribution in [0.1, 0.15) is 58.8 Å². The van der Waals surface area contributed by atoms with E-state index in [9.17, 15) is 0 Å². The summed E-state index contributed by atoms with van der Waals surface area (Å²) in [5, 5.41) is 0. The fourth-order valence-corrected chi connectivity index (χ4v) is 7.73. The van der Waals surface area contributed by atoms with E-state index >= 15 is 0 Å². The van der Waals surface area contributed by atoms with Gasteiger partial charge in [0.15, 0.2) is 9.04 Å². The van der Waals surface area contributed by atoms with Gasteiger partial charge >= 0.3 is 0 Å². The molecule has 1 fully saturated rings. The van der Waals surface area contributed by atoms with Crippen LogP contribution in [-0.2, 0) is 4.12 Å². The van der Waals surface area contributed by atoms with Gasteiger partial charge in [-0.15, -0.1) is 0 Å². The highest BCUT2D eigenvalue weighted by Crippen LogP contribution is 2.28. The number of hydrogen-bond donors (Lipinski definition) is 0. The van der Waals surface area contributed by atoms with Crippen LogP contribution in [0, 0.1) is 0 Å². The minimum absolute atomic E-state index is 0.177. The quantitative estimate of drug-likeness (QED) is 0.620. The van der Waals surface area contributed by atoms with Gasteiger partial charge in [0.2, 0.25) is 0 Å². The van der Waals surface area contributed by atoms with Gasteiger partial charge in [0, 0.05) is 0 Å². The molecule has 1 nitrogen and oxygen atoms in total. The van der Waals surface area contributed by atoms with Crippen LogP contribution < -0.4 is 0 Å². The molecule has 0 amide bonds. The average Bonchev–Trinajstić information content (AvgIpc) is 2.28. The van der Waals surface area contributed by atoms with Gasteiger partial charge in [-0.2, -0.15) is 0 Å². The fraction of sp³-hybridized carbons (Fsp3) is 1.00. The normalized spacial score (nSPS) is 19.4. The Kier molecular flexibility index (Phi) is 7.66. The summed E-state index contributed by atoms with van der Waals surface area (Å²) in [6, 6.07) is 2.77. The summed E-state index contributed by atoms with van der Waals surface area (Å²) in [5.74, 6) is 0. The third kappa shape index (κ3) is 5.88. The van der Waals surface area contributed by atoms with Gasteiger partial charge in [0.1, 0.15) is 9.76 Å². The molecule has 0 aromatic rings. The van der Waals surface area contributed by atoms with Crippen molar-refractivity contribution in [1.82, 2.24) is 0 Å². The Morgan fingerprint density at radius 2 is 1.67 bits per heavy atom. The van der Waals surface area contributed by atoms with Crippen molar-refractivity contribution in [2.75, 3.05) is 0 Å². The van der Waals surface area contributed by atoms with E-state index in [1.807, 2.05) is 0 Å². The van der Waals surface area contributed by atoms with Crippen LogP contribution in [0.5, 0.6) is 0 Å². The fourth-order valence-electron chi connectivity index (χ4n) is 2.42. The van der Waals surface area contributed by atoms with Crippen molar-refractivity contribution in [1.29, 1.82) is 0 Å². The molecule has 15 heavy (non-hydrogen) atoms. The average molecular weight is 244 g/mol. The van der Waals surface area contributed by atoms with E-state index in [1.165, 1.54) is 57.0 Å². The van der Waals surface area contributed by atoms with Gasteiger partial charge in [0.05, 0.1) is 0 Å². The van der Waals surface area contributed by atoms with E-state index in [1.54, 1.807) is 0 Å². The predicted octanol–water partition coefficient (Wildman–Crippen LogP) is 3.65. The molecule has 0 saturated heterocycles. The van der Waals surface area contributed by atoms with Crippen molar-refractivity contribution in [2.24, 2.45) is 0 Å². The zero-order chi connectivity index (χ0) is 10.9. The molecule has 3 heteroatoms. The van der Waals surface area contributed by atoms with Crippen molar-refractivity contribution in [3.8, 4) is 0 Å². The van der Waals surface area contributed by atoms with Crippen LogP contribution in [0.25, 0.3) is 0 Å². The lowest BCUT2D eigenvalue weighted by Crippen LogP contribution is -2.23. The van der Waals surface area contributed by atoms with Crippen molar-refractivity contribution < 1.29 is 4.12 Å². The maximum Gasteiger partial charge on any atom is 0.197 e. The lowest BCUT2D eigenvalue weighted by Gasteiger charge is -2.23. The minimum Gasteiger partial charge on any atom is -0.460 e. The minimum atomic E-state index is -0.384. The second-order valence-corrected chi connectivity index (χ2v) is 9.57. The molecule has 89 valence electrons. The van der Waals surface area contributed by atoms with Gasteiger partial charge in [-0.1, -0.05) is 58.8 Å². The summed E-state index contributed by atoms with van der Waals surface area (Å²) in [4.78, 5) is 0. The Balaban J connectivity index is 2.13. The van der Waals surface area contributed by atoms with E-state index in [0.29, 0.717) is 0 Å². The van der Waals surface area contributed by atoms with E-state index in [0.717, 1.165) is 5.54 Å². The van der Waals surface area contributed by atoms with Crippen LogP contribution in [0.2, 0.25) is 17.6 Å². The zero-order valence-corrected chi connectivity index (χ0v) is 13.0. The first-order valence-corrected chi connectivity index (χ1v) is 10.1. The van der Waals surface area contributed by atoms with Crippen LogP contribution in [-0.4, -0.2) is 18.8 Å². The number of rotatable bonds is 7. The lowest BCUT2D eigenvalue weighted by molar-refractivity contribution is 0.468. The molecular weight excluding hydrogens is 216 g/mol. The van der Waals surface area contributed by atoms with Gasteiger partial charge in [-0.25, -0.2) is 0 Å². The maximum absolute atomic E-state index is 6.30. The first kappa shape index (κ1) is 13.5. The van der Waals surface area contributed by atoms with E-state index in [2.05, 4.69) is 13.8 Å². The second-order valence-electron chi connectivity index (χ2n) is 4.85. The molecule has 0 N–H and O–H groups in total. The Morgan fingerprint density at radius 1 is 1.07 bits per heavy atom. The van der Waals surface area contributed by atoms with E-state index in [-0.39, 0.29) is 18.8 Å². The summed E-state index contributed by atoms with van der Waals surface area (Å²) in [5.41, 5.74) is 1.03. The van der Waals surface area contributed by atoms with Gasteiger partial charge in [-0.05, 0) is 17.6 Å². The zero-order valence-electron chi connectivity index (χ0n) is 10.6. The molecule has 1 rings (SSSR count). The first-order chi connectivity index (χ1) is 7.36. The monoisotopic (exact) mass is 243 g/mol. The van der Waals surface area contributed by atoms with Crippen LogP contribution >= 0.6 is 0 Å². The van der Waals surface area contributed by atoms with Crippen molar-refractivity contribution in [3.63, 3.8) is 0 Å². The number of hydrogen-bond acceptors (Lipinski definition) is 1. The highest BCUT2D eigenvalue weighted by Gasteiger charge is 2.17. The van der Waals surface area contributed by atoms with Crippen molar-refractivity contribution in [2.45, 2.75) is 76.4 Å². The Morgan fingerprint density at radius 3 is 2.20 bits per heavy atom. The molecule has 0 aliphatic heterocycles.